The van der Waals surface area contributed by atoms with Crippen LogP contribution < -0.4 is 10.2 Å². The molecule has 3 nitrogen and oxygen atoms in total. The number of aryl methyl sites for hydroxylation is 1. The second kappa shape index (κ2) is 6.50. The maximum absolute atomic E-state index is 9.35. The SMILES string of the molecule is Cc1ccc(OCc2cccc(Cl)c2Cl)c(B(O)O)c1. The van der Waals surface area contributed by atoms with Crippen LogP contribution in [0.4, 0.5) is 0 Å². The zero-order valence-corrected chi connectivity index (χ0v) is 12.3. The van der Waals surface area contributed by atoms with Crippen LogP contribution >= 0.6 is 23.2 Å². The van der Waals surface area contributed by atoms with Crippen LogP contribution in [-0.2, 0) is 6.61 Å². The Bertz CT molecular complexity index is 617. The van der Waals surface area contributed by atoms with Crippen molar-refractivity contribution < 1.29 is 14.8 Å². The van der Waals surface area contributed by atoms with E-state index in [9.17, 15) is 10.0 Å². The lowest BCUT2D eigenvalue weighted by Gasteiger charge is -2.13. The van der Waals surface area contributed by atoms with Crippen LogP contribution in [0.1, 0.15) is 11.1 Å². The normalized spacial score (nSPS) is 10.4. The molecule has 2 N–H and O–H groups in total. The first-order chi connectivity index (χ1) is 9.49. The van der Waals surface area contributed by atoms with E-state index in [1.54, 1.807) is 30.3 Å². The molecule has 0 amide bonds. The van der Waals surface area contributed by atoms with Crippen molar-refractivity contribution in [2.24, 2.45) is 0 Å². The maximum atomic E-state index is 9.35. The van der Waals surface area contributed by atoms with E-state index < -0.39 is 7.12 Å². The van der Waals surface area contributed by atoms with Gasteiger partial charge in [-0.25, -0.2) is 0 Å². The molecule has 0 saturated carbocycles. The number of hydrogen-bond acceptors (Lipinski definition) is 3. The lowest BCUT2D eigenvalue weighted by atomic mass is 9.79. The van der Waals surface area contributed by atoms with Crippen molar-refractivity contribution in [3.63, 3.8) is 0 Å². The molecule has 0 aliphatic rings. The third-order valence-electron chi connectivity index (χ3n) is 2.86. The third kappa shape index (κ3) is 3.47. The quantitative estimate of drug-likeness (QED) is 0.853. The summed E-state index contributed by atoms with van der Waals surface area (Å²) in [5.41, 5.74) is 1.97. The van der Waals surface area contributed by atoms with Crippen molar-refractivity contribution in [1.29, 1.82) is 0 Å². The first kappa shape index (κ1) is 15.2. The number of halogens is 2. The number of rotatable bonds is 4. The van der Waals surface area contributed by atoms with E-state index in [1.165, 1.54) is 0 Å². The summed E-state index contributed by atoms with van der Waals surface area (Å²) in [6.45, 7) is 2.06. The summed E-state index contributed by atoms with van der Waals surface area (Å²) in [7, 11) is -1.58. The van der Waals surface area contributed by atoms with E-state index in [-0.39, 0.29) is 6.61 Å². The lowest BCUT2D eigenvalue weighted by molar-refractivity contribution is 0.306. The maximum Gasteiger partial charge on any atom is 0.492 e. The zero-order chi connectivity index (χ0) is 14.7. The summed E-state index contributed by atoms with van der Waals surface area (Å²) >= 11 is 12.0. The van der Waals surface area contributed by atoms with Crippen molar-refractivity contribution in [2.45, 2.75) is 13.5 Å². The van der Waals surface area contributed by atoms with Crippen LogP contribution in [0, 0.1) is 6.92 Å². The fourth-order valence-electron chi connectivity index (χ4n) is 1.82. The number of ether oxygens (including phenoxy) is 1. The number of benzene rings is 2. The second-order valence-corrected chi connectivity index (χ2v) is 5.20. The van der Waals surface area contributed by atoms with Crippen LogP contribution in [-0.4, -0.2) is 17.2 Å². The molecular formula is C14H13BCl2O3. The Morgan fingerprint density at radius 1 is 1.15 bits per heavy atom. The van der Waals surface area contributed by atoms with E-state index >= 15 is 0 Å². The van der Waals surface area contributed by atoms with Gasteiger partial charge in [0, 0.05) is 11.0 Å². The summed E-state index contributed by atoms with van der Waals surface area (Å²) in [6.07, 6.45) is 0. The van der Waals surface area contributed by atoms with Gasteiger partial charge >= 0.3 is 7.12 Å². The smallest absolute Gasteiger partial charge is 0.489 e. The van der Waals surface area contributed by atoms with Gasteiger partial charge in [-0.1, -0.05) is 53.0 Å². The third-order valence-corrected chi connectivity index (χ3v) is 3.72. The molecule has 0 aliphatic heterocycles. The molecule has 20 heavy (non-hydrogen) atoms. The molecule has 0 atom stereocenters. The Morgan fingerprint density at radius 3 is 2.60 bits per heavy atom. The predicted octanol–water partition coefficient (Wildman–Crippen LogP) is 2.56. The molecular weight excluding hydrogens is 298 g/mol. The van der Waals surface area contributed by atoms with Gasteiger partial charge in [-0.3, -0.25) is 0 Å². The van der Waals surface area contributed by atoms with Gasteiger partial charge in [0.1, 0.15) is 12.4 Å². The van der Waals surface area contributed by atoms with Gasteiger partial charge in [-0.15, -0.1) is 0 Å². The largest absolute Gasteiger partial charge is 0.492 e. The molecule has 2 aromatic carbocycles. The highest BCUT2D eigenvalue weighted by Crippen LogP contribution is 2.26. The van der Waals surface area contributed by atoms with E-state index in [1.807, 2.05) is 13.0 Å². The minimum atomic E-state index is -1.58. The Labute approximate surface area is 127 Å². The molecule has 0 heterocycles. The second-order valence-electron chi connectivity index (χ2n) is 4.42. The van der Waals surface area contributed by atoms with Crippen LogP contribution in [0.25, 0.3) is 0 Å². The molecule has 0 radical (unpaired) electrons. The molecule has 2 rings (SSSR count). The molecule has 0 unspecified atom stereocenters. The molecule has 104 valence electrons. The average Bonchev–Trinajstić information content (AvgIpc) is 2.41. The number of hydrogen-bond donors (Lipinski definition) is 2. The molecule has 6 heteroatoms. The Balaban J connectivity index is 2.21. The van der Waals surface area contributed by atoms with Gasteiger partial charge in [0.05, 0.1) is 10.0 Å². The van der Waals surface area contributed by atoms with Gasteiger partial charge in [-0.2, -0.15) is 0 Å². The van der Waals surface area contributed by atoms with E-state index in [4.69, 9.17) is 27.9 Å². The van der Waals surface area contributed by atoms with Crippen LogP contribution in [0.15, 0.2) is 36.4 Å². The van der Waals surface area contributed by atoms with Gasteiger partial charge in [0.15, 0.2) is 0 Å². The lowest BCUT2D eigenvalue weighted by Crippen LogP contribution is -2.31. The van der Waals surface area contributed by atoms with Crippen molar-refractivity contribution in [2.75, 3.05) is 0 Å². The van der Waals surface area contributed by atoms with Crippen molar-refractivity contribution >= 4 is 35.8 Å². The molecule has 0 saturated heterocycles. The highest BCUT2D eigenvalue weighted by molar-refractivity contribution is 6.59. The molecule has 0 bridgehead atoms. The fraction of sp³-hybridized carbons (Fsp3) is 0.143. The van der Waals surface area contributed by atoms with E-state index in [0.29, 0.717) is 21.3 Å². The van der Waals surface area contributed by atoms with Gasteiger partial charge in [-0.05, 0) is 19.1 Å². The first-order valence-corrected chi connectivity index (χ1v) is 6.77. The molecule has 0 aromatic heterocycles. The minimum Gasteiger partial charge on any atom is -0.489 e. The standard InChI is InChI=1S/C14H13BCl2O3/c1-9-5-6-13(11(7-9)15(18)19)20-8-10-3-2-4-12(16)14(10)17/h2-7,18-19H,8H2,1H3. The summed E-state index contributed by atoms with van der Waals surface area (Å²) in [6, 6.07) is 10.5. The minimum absolute atomic E-state index is 0.197. The van der Waals surface area contributed by atoms with Crippen LogP contribution in [0.5, 0.6) is 5.75 Å². The van der Waals surface area contributed by atoms with Gasteiger partial charge in [0.25, 0.3) is 0 Å². The predicted molar refractivity (Wildman–Crippen MR) is 81.8 cm³/mol. The Kier molecular flexibility index (Phi) is 4.94. The van der Waals surface area contributed by atoms with E-state index in [2.05, 4.69) is 0 Å². The molecule has 0 aliphatic carbocycles. The molecule has 0 fully saturated rings. The van der Waals surface area contributed by atoms with Crippen molar-refractivity contribution in [1.82, 2.24) is 0 Å². The highest BCUT2D eigenvalue weighted by atomic mass is 35.5. The van der Waals surface area contributed by atoms with Crippen molar-refractivity contribution in [3.05, 3.63) is 57.6 Å². The van der Waals surface area contributed by atoms with Gasteiger partial charge < -0.3 is 14.8 Å². The monoisotopic (exact) mass is 310 g/mol. The highest BCUT2D eigenvalue weighted by Gasteiger charge is 2.17. The van der Waals surface area contributed by atoms with Crippen LogP contribution in [0.2, 0.25) is 10.0 Å². The molecule has 2 aromatic rings. The summed E-state index contributed by atoms with van der Waals surface area (Å²) in [5, 5.41) is 19.6. The summed E-state index contributed by atoms with van der Waals surface area (Å²) in [5.74, 6) is 0.404. The average molecular weight is 311 g/mol. The van der Waals surface area contributed by atoms with E-state index in [0.717, 1.165) is 11.1 Å². The van der Waals surface area contributed by atoms with Crippen LogP contribution in [0.3, 0.4) is 0 Å². The zero-order valence-electron chi connectivity index (χ0n) is 10.8. The Hall–Kier alpha value is -1.20. The Morgan fingerprint density at radius 2 is 1.90 bits per heavy atom. The van der Waals surface area contributed by atoms with Crippen molar-refractivity contribution in [3.8, 4) is 5.75 Å². The summed E-state index contributed by atoms with van der Waals surface area (Å²) in [4.78, 5) is 0. The van der Waals surface area contributed by atoms with Gasteiger partial charge in [0.2, 0.25) is 0 Å². The fourth-order valence-corrected chi connectivity index (χ4v) is 2.19. The summed E-state index contributed by atoms with van der Waals surface area (Å²) < 4.78 is 5.61. The first-order valence-electron chi connectivity index (χ1n) is 6.01. The molecule has 0 spiro atoms. The topological polar surface area (TPSA) is 49.7 Å².